The Morgan fingerprint density at radius 1 is 1.30 bits per heavy atom. The van der Waals surface area contributed by atoms with Crippen LogP contribution in [0, 0.1) is 0 Å². The monoisotopic (exact) mass is 340 g/mol. The van der Waals surface area contributed by atoms with Crippen molar-refractivity contribution in [2.75, 3.05) is 0 Å². The Balaban J connectivity index is 1.90. The second kappa shape index (κ2) is 5.78. The summed E-state index contributed by atoms with van der Waals surface area (Å²) in [5.41, 5.74) is -1.08. The first-order valence-electron chi connectivity index (χ1n) is 6.64. The number of alkyl halides is 3. The molecule has 2 aromatic heterocycles. The van der Waals surface area contributed by atoms with Crippen LogP contribution in [0.2, 0.25) is 0 Å². The number of hydrogen-bond donors (Lipinski definition) is 1. The number of nitrogens with zero attached hydrogens (tertiary/aromatic N) is 2. The lowest BCUT2D eigenvalue weighted by atomic mass is 10.1. The highest BCUT2D eigenvalue weighted by Crippen LogP contribution is 2.31. The number of hydrogen-bond acceptors (Lipinski definition) is 4. The molecule has 0 saturated carbocycles. The number of fused-ring (bicyclic) bond motifs is 1. The molecular formula is C15H11F3N2O2S. The summed E-state index contributed by atoms with van der Waals surface area (Å²) in [6.45, 7) is -0.168. The maximum Gasteiger partial charge on any atom is 0.416 e. The lowest BCUT2D eigenvalue weighted by molar-refractivity contribution is -0.137. The Hall–Kier alpha value is -2.19. The maximum atomic E-state index is 12.7. The van der Waals surface area contributed by atoms with E-state index in [4.69, 9.17) is 0 Å². The Morgan fingerprint density at radius 3 is 2.83 bits per heavy atom. The van der Waals surface area contributed by atoms with E-state index in [1.807, 2.05) is 0 Å². The van der Waals surface area contributed by atoms with Gasteiger partial charge in [-0.2, -0.15) is 13.2 Å². The molecule has 8 heteroatoms. The Labute approximate surface area is 132 Å². The standard InChI is InChI=1S/C15H11F3N2O2S/c16-15(17,18)10-3-1-2-9(6-10)12(21)7-20-8-19-13-11(14(20)22)4-5-23-13/h1-6,8,12,21H,7H2. The molecule has 0 radical (unpaired) electrons. The molecule has 3 aromatic rings. The number of rotatable bonds is 3. The van der Waals surface area contributed by atoms with E-state index in [1.165, 1.54) is 34.4 Å². The second-order valence-corrected chi connectivity index (χ2v) is 5.88. The van der Waals surface area contributed by atoms with Gasteiger partial charge >= 0.3 is 6.18 Å². The fourth-order valence-corrected chi connectivity index (χ4v) is 2.96. The van der Waals surface area contributed by atoms with Gasteiger partial charge < -0.3 is 5.11 Å². The number of aliphatic hydroxyl groups excluding tert-OH is 1. The number of thiophene rings is 1. The van der Waals surface area contributed by atoms with Crippen molar-refractivity contribution in [2.45, 2.75) is 18.8 Å². The summed E-state index contributed by atoms with van der Waals surface area (Å²) in [6.07, 6.45) is -4.44. The fourth-order valence-electron chi connectivity index (χ4n) is 2.24. The Kier molecular flexibility index (Phi) is 3.95. The van der Waals surface area contributed by atoms with Crippen LogP contribution in [0.15, 0.2) is 46.8 Å². The summed E-state index contributed by atoms with van der Waals surface area (Å²) in [5, 5.41) is 12.3. The van der Waals surface area contributed by atoms with Crippen molar-refractivity contribution in [2.24, 2.45) is 0 Å². The van der Waals surface area contributed by atoms with Gasteiger partial charge in [-0.3, -0.25) is 9.36 Å². The Morgan fingerprint density at radius 2 is 2.09 bits per heavy atom. The zero-order valence-corrected chi connectivity index (χ0v) is 12.4. The Bertz CT molecular complexity index is 901. The molecule has 1 atom stereocenters. The average Bonchev–Trinajstić information content (AvgIpc) is 2.99. The molecule has 4 nitrogen and oxygen atoms in total. The van der Waals surface area contributed by atoms with Gasteiger partial charge in [0, 0.05) is 0 Å². The van der Waals surface area contributed by atoms with Gasteiger partial charge in [-0.05, 0) is 29.1 Å². The summed E-state index contributed by atoms with van der Waals surface area (Å²) in [6, 6.07) is 6.06. The molecule has 0 aliphatic heterocycles. The zero-order valence-electron chi connectivity index (χ0n) is 11.6. The summed E-state index contributed by atoms with van der Waals surface area (Å²) in [4.78, 5) is 16.9. The first kappa shape index (κ1) is 15.7. The summed E-state index contributed by atoms with van der Waals surface area (Å²) in [7, 11) is 0. The molecular weight excluding hydrogens is 329 g/mol. The van der Waals surface area contributed by atoms with E-state index in [0.717, 1.165) is 12.1 Å². The highest BCUT2D eigenvalue weighted by atomic mass is 32.1. The van der Waals surface area contributed by atoms with Crippen molar-refractivity contribution in [3.05, 3.63) is 63.5 Å². The van der Waals surface area contributed by atoms with Gasteiger partial charge in [-0.15, -0.1) is 11.3 Å². The lowest BCUT2D eigenvalue weighted by Crippen LogP contribution is -2.23. The fraction of sp³-hybridized carbons (Fsp3) is 0.200. The molecule has 2 heterocycles. The van der Waals surface area contributed by atoms with Crippen molar-refractivity contribution >= 4 is 21.6 Å². The molecule has 1 N–H and O–H groups in total. The highest BCUT2D eigenvalue weighted by Gasteiger charge is 2.30. The lowest BCUT2D eigenvalue weighted by Gasteiger charge is -2.15. The number of aromatic nitrogens is 2. The smallest absolute Gasteiger partial charge is 0.387 e. The molecule has 0 fully saturated rings. The van der Waals surface area contributed by atoms with Crippen molar-refractivity contribution in [3.8, 4) is 0 Å². The largest absolute Gasteiger partial charge is 0.416 e. The normalized spacial score (nSPS) is 13.4. The van der Waals surface area contributed by atoms with Crippen LogP contribution in [0.5, 0.6) is 0 Å². The van der Waals surface area contributed by atoms with Crippen LogP contribution in [0.1, 0.15) is 17.2 Å². The highest BCUT2D eigenvalue weighted by molar-refractivity contribution is 7.16. The minimum atomic E-state index is -4.48. The van der Waals surface area contributed by atoms with E-state index in [0.29, 0.717) is 10.2 Å². The molecule has 0 saturated heterocycles. The van der Waals surface area contributed by atoms with Crippen LogP contribution >= 0.6 is 11.3 Å². The van der Waals surface area contributed by atoms with Crippen molar-refractivity contribution in [3.63, 3.8) is 0 Å². The first-order valence-corrected chi connectivity index (χ1v) is 7.52. The van der Waals surface area contributed by atoms with Crippen LogP contribution in [0.3, 0.4) is 0 Å². The predicted molar refractivity (Wildman–Crippen MR) is 80.3 cm³/mol. The number of benzene rings is 1. The van der Waals surface area contributed by atoms with Gasteiger partial charge in [0.15, 0.2) is 0 Å². The van der Waals surface area contributed by atoms with E-state index in [1.54, 1.807) is 11.4 Å². The minimum absolute atomic E-state index is 0.0946. The van der Waals surface area contributed by atoms with Gasteiger partial charge in [-0.1, -0.05) is 12.1 Å². The summed E-state index contributed by atoms with van der Waals surface area (Å²) < 4.78 is 39.3. The molecule has 0 bridgehead atoms. The number of halogens is 3. The average molecular weight is 340 g/mol. The summed E-state index contributed by atoms with van der Waals surface area (Å²) in [5.74, 6) is 0. The third kappa shape index (κ3) is 3.13. The maximum absolute atomic E-state index is 12.7. The van der Waals surface area contributed by atoms with E-state index < -0.39 is 17.8 Å². The third-order valence-corrected chi connectivity index (χ3v) is 4.24. The minimum Gasteiger partial charge on any atom is -0.387 e. The van der Waals surface area contributed by atoms with E-state index in [2.05, 4.69) is 4.98 Å². The van der Waals surface area contributed by atoms with Crippen LogP contribution in [-0.2, 0) is 12.7 Å². The number of aliphatic hydroxyl groups is 1. The summed E-state index contributed by atoms with van der Waals surface area (Å²) >= 11 is 1.32. The van der Waals surface area contributed by atoms with Crippen LogP contribution < -0.4 is 5.56 Å². The quantitative estimate of drug-likeness (QED) is 0.797. The van der Waals surface area contributed by atoms with Gasteiger partial charge in [0.1, 0.15) is 4.83 Å². The third-order valence-electron chi connectivity index (χ3n) is 3.42. The van der Waals surface area contributed by atoms with Gasteiger partial charge in [0.2, 0.25) is 0 Å². The molecule has 0 amide bonds. The van der Waals surface area contributed by atoms with Crippen LogP contribution in [0.25, 0.3) is 10.2 Å². The first-order chi connectivity index (χ1) is 10.9. The van der Waals surface area contributed by atoms with E-state index in [9.17, 15) is 23.1 Å². The van der Waals surface area contributed by atoms with Gasteiger partial charge in [0.05, 0.1) is 29.9 Å². The van der Waals surface area contributed by atoms with Crippen molar-refractivity contribution in [1.82, 2.24) is 9.55 Å². The molecule has 3 rings (SSSR count). The molecule has 0 aliphatic rings. The molecule has 1 unspecified atom stereocenters. The zero-order chi connectivity index (χ0) is 16.6. The molecule has 23 heavy (non-hydrogen) atoms. The van der Waals surface area contributed by atoms with Crippen molar-refractivity contribution in [1.29, 1.82) is 0 Å². The molecule has 0 aliphatic carbocycles. The van der Waals surface area contributed by atoms with Crippen molar-refractivity contribution < 1.29 is 18.3 Å². The second-order valence-electron chi connectivity index (χ2n) is 4.98. The molecule has 1 aromatic carbocycles. The SMILES string of the molecule is O=c1c2ccsc2ncn1CC(O)c1cccc(C(F)(F)F)c1. The predicted octanol–water partition coefficient (Wildman–Crippen LogP) is 3.21. The molecule has 120 valence electrons. The van der Waals surface area contributed by atoms with Gasteiger partial charge in [0.25, 0.3) is 5.56 Å². The van der Waals surface area contributed by atoms with Crippen LogP contribution in [-0.4, -0.2) is 14.7 Å². The van der Waals surface area contributed by atoms with E-state index >= 15 is 0 Å². The van der Waals surface area contributed by atoms with E-state index in [-0.39, 0.29) is 17.7 Å². The van der Waals surface area contributed by atoms with Crippen LogP contribution in [0.4, 0.5) is 13.2 Å². The molecule has 0 spiro atoms. The van der Waals surface area contributed by atoms with Gasteiger partial charge in [-0.25, -0.2) is 4.98 Å². The topological polar surface area (TPSA) is 55.1 Å².